The number of rotatable bonds is 8. The number of carbonyl (C=O) groups excluding carboxylic acids is 3. The van der Waals surface area contributed by atoms with Crippen LogP contribution in [0.5, 0.6) is 5.75 Å². The number of fused-ring (bicyclic) bond motifs is 1. The lowest BCUT2D eigenvalue weighted by atomic mass is 10.1. The van der Waals surface area contributed by atoms with E-state index in [0.717, 1.165) is 17.5 Å². The second-order valence-electron chi connectivity index (χ2n) is 9.53. The number of nitrogens with one attached hydrogen (secondary N) is 3. The van der Waals surface area contributed by atoms with Crippen LogP contribution >= 0.6 is 11.6 Å². The number of alkyl halides is 3. The van der Waals surface area contributed by atoms with Crippen molar-refractivity contribution < 1.29 is 32.3 Å². The van der Waals surface area contributed by atoms with Gasteiger partial charge in [-0.2, -0.15) is 0 Å². The van der Waals surface area contributed by atoms with E-state index in [0.29, 0.717) is 22.5 Å². The molecule has 3 N–H and O–H groups in total. The van der Waals surface area contributed by atoms with E-state index in [4.69, 9.17) is 11.6 Å². The predicted molar refractivity (Wildman–Crippen MR) is 150 cm³/mol. The number of aromatic nitrogens is 1. The largest absolute Gasteiger partial charge is 0.573 e. The third-order valence-corrected chi connectivity index (χ3v) is 6.48. The van der Waals surface area contributed by atoms with Gasteiger partial charge in [-0.25, -0.2) is 0 Å². The highest BCUT2D eigenvalue weighted by atomic mass is 35.5. The molecule has 1 heterocycles. The van der Waals surface area contributed by atoms with Crippen molar-refractivity contribution in [3.63, 3.8) is 0 Å². The maximum absolute atomic E-state index is 13.0. The molecule has 0 saturated heterocycles. The van der Waals surface area contributed by atoms with E-state index >= 15 is 0 Å². The van der Waals surface area contributed by atoms with Gasteiger partial charge in [0.1, 0.15) is 11.4 Å². The van der Waals surface area contributed by atoms with E-state index in [2.05, 4.69) is 20.7 Å². The van der Waals surface area contributed by atoms with Crippen molar-refractivity contribution in [2.24, 2.45) is 13.0 Å². The van der Waals surface area contributed by atoms with Crippen molar-refractivity contribution in [1.29, 1.82) is 0 Å². The molecule has 0 unspecified atom stereocenters. The zero-order valence-corrected chi connectivity index (χ0v) is 23.0. The average molecular weight is 587 g/mol. The van der Waals surface area contributed by atoms with E-state index in [1.165, 1.54) is 12.1 Å². The normalized spacial score (nSPS) is 11.4. The quantitative estimate of drug-likeness (QED) is 0.219. The van der Waals surface area contributed by atoms with Crippen LogP contribution in [0, 0.1) is 5.92 Å². The van der Waals surface area contributed by atoms with E-state index in [1.807, 2.05) is 0 Å². The van der Waals surface area contributed by atoms with Gasteiger partial charge in [-0.15, -0.1) is 13.2 Å². The highest BCUT2D eigenvalue weighted by molar-refractivity contribution is 6.34. The molecule has 0 saturated carbocycles. The van der Waals surface area contributed by atoms with E-state index in [1.54, 1.807) is 67.9 Å². The highest BCUT2D eigenvalue weighted by Gasteiger charge is 2.31. The Kier molecular flexibility index (Phi) is 8.57. The number of nitrogens with zero attached hydrogens (tertiary/aromatic N) is 1. The van der Waals surface area contributed by atoms with Crippen LogP contribution in [0.2, 0.25) is 5.02 Å². The Labute approximate surface area is 238 Å². The molecule has 4 rings (SSSR count). The van der Waals surface area contributed by atoms with Crippen LogP contribution in [-0.2, 0) is 18.4 Å². The minimum Gasteiger partial charge on any atom is -0.406 e. The van der Waals surface area contributed by atoms with E-state index in [9.17, 15) is 27.6 Å². The lowest BCUT2D eigenvalue weighted by Crippen LogP contribution is -2.27. The molecule has 0 radical (unpaired) electrons. The van der Waals surface area contributed by atoms with Gasteiger partial charge in [-0.3, -0.25) is 14.4 Å². The molecule has 12 heteroatoms. The summed E-state index contributed by atoms with van der Waals surface area (Å²) in [5.74, 6) is -1.61. The van der Waals surface area contributed by atoms with Crippen molar-refractivity contribution >= 4 is 51.6 Å². The van der Waals surface area contributed by atoms with Gasteiger partial charge in [-0.1, -0.05) is 37.6 Å². The maximum Gasteiger partial charge on any atom is 0.573 e. The minimum absolute atomic E-state index is 0.108. The smallest absolute Gasteiger partial charge is 0.406 e. The first-order valence-electron chi connectivity index (χ1n) is 12.4. The van der Waals surface area contributed by atoms with Gasteiger partial charge in [-0.05, 0) is 60.2 Å². The molecule has 0 fully saturated rings. The minimum atomic E-state index is -4.81. The molecule has 0 aliphatic carbocycles. The van der Waals surface area contributed by atoms with Crippen LogP contribution in [0.3, 0.4) is 0 Å². The number of hydrogen-bond donors (Lipinski definition) is 3. The zero-order valence-electron chi connectivity index (χ0n) is 22.2. The summed E-state index contributed by atoms with van der Waals surface area (Å²) in [5.41, 5.74) is 2.64. The average Bonchev–Trinajstić information content (AvgIpc) is 3.24. The first kappa shape index (κ1) is 29.5. The number of aryl methyl sites for hydroxylation is 1. The molecule has 41 heavy (non-hydrogen) atoms. The number of amides is 3. The van der Waals surface area contributed by atoms with Crippen LogP contribution in [0.1, 0.15) is 40.3 Å². The SMILES string of the molecule is CC(C)C(=O)NCc1ccc(Cl)c(C(=O)Nc2ccc3cc(C(=O)Nc4ccc(OC(F)(F)F)cc4)n(C)c3c2)c1. The van der Waals surface area contributed by atoms with E-state index in [-0.39, 0.29) is 34.6 Å². The lowest BCUT2D eigenvalue weighted by molar-refractivity contribution is -0.274. The standard InChI is InChI=1S/C29H26ClF3N4O4/c1-16(2)26(38)34-15-17-4-11-23(30)22(12-17)27(39)36-20-6-5-18-13-25(37(3)24(18)14-20)28(40)35-19-7-9-21(10-8-19)41-29(31,32)33/h4-14,16H,15H2,1-3H3,(H,34,38)(H,35,40)(H,36,39). The predicted octanol–water partition coefficient (Wildman–Crippen LogP) is 6.51. The van der Waals surface area contributed by atoms with E-state index < -0.39 is 23.9 Å². The molecule has 0 aliphatic heterocycles. The summed E-state index contributed by atoms with van der Waals surface area (Å²) in [7, 11) is 1.68. The van der Waals surface area contributed by atoms with Gasteiger partial charge in [0.25, 0.3) is 11.8 Å². The summed E-state index contributed by atoms with van der Waals surface area (Å²) in [5, 5.41) is 9.24. The number of ether oxygens (including phenoxy) is 1. The topological polar surface area (TPSA) is 101 Å². The summed E-state index contributed by atoms with van der Waals surface area (Å²) >= 11 is 6.28. The Morgan fingerprint density at radius 1 is 0.902 bits per heavy atom. The fourth-order valence-electron chi connectivity index (χ4n) is 4.01. The van der Waals surface area contributed by atoms with Crippen LogP contribution in [0.15, 0.2) is 66.7 Å². The second kappa shape index (κ2) is 11.9. The third-order valence-electron chi connectivity index (χ3n) is 6.15. The zero-order chi connectivity index (χ0) is 29.9. The molecule has 0 atom stereocenters. The molecule has 3 amide bonds. The fraction of sp³-hybridized carbons (Fsp3) is 0.207. The first-order chi connectivity index (χ1) is 19.3. The molecule has 0 aliphatic rings. The molecule has 1 aromatic heterocycles. The van der Waals surface area contributed by atoms with Gasteiger partial charge in [0.05, 0.1) is 16.1 Å². The Morgan fingerprint density at radius 3 is 2.22 bits per heavy atom. The van der Waals surface area contributed by atoms with Crippen LogP contribution in [0.4, 0.5) is 24.5 Å². The fourth-order valence-corrected chi connectivity index (χ4v) is 4.21. The summed E-state index contributed by atoms with van der Waals surface area (Å²) < 4.78 is 42.6. The number of hydrogen-bond acceptors (Lipinski definition) is 4. The molecular weight excluding hydrogens is 561 g/mol. The summed E-state index contributed by atoms with van der Waals surface area (Å²) in [6, 6.07) is 16.5. The lowest BCUT2D eigenvalue weighted by Gasteiger charge is -2.11. The molecule has 214 valence electrons. The summed E-state index contributed by atoms with van der Waals surface area (Å²) in [4.78, 5) is 37.8. The van der Waals surface area contributed by atoms with Gasteiger partial charge >= 0.3 is 6.36 Å². The monoisotopic (exact) mass is 586 g/mol. The van der Waals surface area contributed by atoms with Gasteiger partial charge in [0, 0.05) is 36.3 Å². The van der Waals surface area contributed by atoms with Crippen molar-refractivity contribution in [2.75, 3.05) is 10.6 Å². The van der Waals surface area contributed by atoms with Crippen molar-refractivity contribution in [1.82, 2.24) is 9.88 Å². The molecular formula is C29H26ClF3N4O4. The molecule has 8 nitrogen and oxygen atoms in total. The molecule has 3 aromatic carbocycles. The van der Waals surface area contributed by atoms with Gasteiger partial charge in [0.15, 0.2) is 0 Å². The van der Waals surface area contributed by atoms with Crippen molar-refractivity contribution in [3.8, 4) is 5.75 Å². The number of carbonyl (C=O) groups is 3. The second-order valence-corrected chi connectivity index (χ2v) is 9.94. The number of halogens is 4. The Hall–Kier alpha value is -4.51. The Morgan fingerprint density at radius 2 is 1.56 bits per heavy atom. The molecule has 0 spiro atoms. The van der Waals surface area contributed by atoms with Crippen molar-refractivity contribution in [3.05, 3.63) is 88.6 Å². The Balaban J connectivity index is 1.47. The van der Waals surface area contributed by atoms with Crippen molar-refractivity contribution in [2.45, 2.75) is 26.8 Å². The summed E-state index contributed by atoms with van der Waals surface area (Å²) in [6.45, 7) is 3.82. The molecule has 0 bridgehead atoms. The van der Waals surface area contributed by atoms with Gasteiger partial charge < -0.3 is 25.3 Å². The maximum atomic E-state index is 13.0. The third kappa shape index (κ3) is 7.37. The first-order valence-corrected chi connectivity index (χ1v) is 12.8. The summed E-state index contributed by atoms with van der Waals surface area (Å²) in [6.07, 6.45) is -4.81. The van der Waals surface area contributed by atoms with Crippen LogP contribution in [-0.4, -0.2) is 28.7 Å². The van der Waals surface area contributed by atoms with Crippen LogP contribution < -0.4 is 20.7 Å². The number of benzene rings is 3. The highest BCUT2D eigenvalue weighted by Crippen LogP contribution is 2.27. The Bertz CT molecular complexity index is 1620. The van der Waals surface area contributed by atoms with Crippen LogP contribution in [0.25, 0.3) is 10.9 Å². The molecule has 4 aromatic rings. The van der Waals surface area contributed by atoms with Gasteiger partial charge in [0.2, 0.25) is 5.91 Å². The number of anilines is 2.